The Morgan fingerprint density at radius 1 is 1.28 bits per heavy atom. The van der Waals surface area contributed by atoms with Crippen LogP contribution in [0.3, 0.4) is 0 Å². The minimum absolute atomic E-state index is 0.0669. The van der Waals surface area contributed by atoms with E-state index in [0.29, 0.717) is 18.8 Å². The average molecular weight is 435 g/mol. The molecule has 7 heteroatoms. The first-order valence-electron chi connectivity index (χ1n) is 11.5. The van der Waals surface area contributed by atoms with Crippen molar-refractivity contribution >= 4 is 11.6 Å². The maximum absolute atomic E-state index is 12.3. The molecule has 4 heterocycles. The maximum atomic E-state index is 12.3. The number of rotatable bonds is 6. The number of hydrogen-bond acceptors (Lipinski definition) is 5. The summed E-state index contributed by atoms with van der Waals surface area (Å²) in [5.74, 6) is 0.478. The van der Waals surface area contributed by atoms with Gasteiger partial charge in [-0.15, -0.1) is 0 Å². The van der Waals surface area contributed by atoms with Gasteiger partial charge in [-0.3, -0.25) is 14.7 Å². The van der Waals surface area contributed by atoms with E-state index in [9.17, 15) is 4.79 Å². The van der Waals surface area contributed by atoms with Crippen molar-refractivity contribution in [3.63, 3.8) is 0 Å². The molecule has 7 nitrogen and oxygen atoms in total. The summed E-state index contributed by atoms with van der Waals surface area (Å²) in [7, 11) is 0. The first kappa shape index (κ1) is 22.4. The molecule has 1 aliphatic heterocycles. The molecule has 0 spiro atoms. The largest absolute Gasteiger partial charge is 0.351 e. The van der Waals surface area contributed by atoms with E-state index in [-0.39, 0.29) is 11.4 Å². The first-order valence-corrected chi connectivity index (χ1v) is 11.5. The fourth-order valence-electron chi connectivity index (χ4n) is 4.59. The van der Waals surface area contributed by atoms with Gasteiger partial charge in [-0.2, -0.15) is 5.10 Å². The van der Waals surface area contributed by atoms with E-state index in [0.717, 1.165) is 54.3 Å². The second kappa shape index (κ2) is 8.98. The molecule has 32 heavy (non-hydrogen) atoms. The zero-order chi connectivity index (χ0) is 22.9. The van der Waals surface area contributed by atoms with Gasteiger partial charge in [-0.25, -0.2) is 9.50 Å². The summed E-state index contributed by atoms with van der Waals surface area (Å²) in [6, 6.07) is 6.25. The lowest BCUT2D eigenvalue weighted by Gasteiger charge is -2.20. The van der Waals surface area contributed by atoms with Crippen molar-refractivity contribution in [2.45, 2.75) is 71.9 Å². The lowest BCUT2D eigenvalue weighted by atomic mass is 10.0. The summed E-state index contributed by atoms with van der Waals surface area (Å²) in [6.07, 6.45) is 5.97. The van der Waals surface area contributed by atoms with Crippen LogP contribution in [0.5, 0.6) is 0 Å². The van der Waals surface area contributed by atoms with Crippen molar-refractivity contribution in [3.05, 3.63) is 58.8 Å². The zero-order valence-corrected chi connectivity index (χ0v) is 19.9. The van der Waals surface area contributed by atoms with Crippen LogP contribution < -0.4 is 5.32 Å². The van der Waals surface area contributed by atoms with Crippen LogP contribution in [-0.2, 0) is 17.8 Å². The smallest absolute Gasteiger partial charge is 0.220 e. The molecule has 1 fully saturated rings. The summed E-state index contributed by atoms with van der Waals surface area (Å²) >= 11 is 0. The van der Waals surface area contributed by atoms with Crippen LogP contribution in [0.25, 0.3) is 5.65 Å². The Kier molecular flexibility index (Phi) is 6.29. The van der Waals surface area contributed by atoms with Crippen LogP contribution in [0.15, 0.2) is 30.6 Å². The van der Waals surface area contributed by atoms with E-state index in [1.165, 1.54) is 5.56 Å². The summed E-state index contributed by atoms with van der Waals surface area (Å²) in [5, 5.41) is 7.98. The molecular weight excluding hydrogens is 400 g/mol. The third-order valence-corrected chi connectivity index (χ3v) is 6.12. The van der Waals surface area contributed by atoms with E-state index >= 15 is 0 Å². The van der Waals surface area contributed by atoms with Gasteiger partial charge >= 0.3 is 0 Å². The Labute approximate surface area is 190 Å². The number of carbonyl (C=O) groups is 1. The number of aromatic nitrogens is 4. The van der Waals surface area contributed by atoms with Crippen molar-refractivity contribution in [1.29, 1.82) is 0 Å². The Morgan fingerprint density at radius 2 is 2.09 bits per heavy atom. The van der Waals surface area contributed by atoms with Gasteiger partial charge in [0.1, 0.15) is 0 Å². The van der Waals surface area contributed by atoms with E-state index in [4.69, 9.17) is 10.1 Å². The van der Waals surface area contributed by atoms with E-state index in [1.807, 2.05) is 50.7 Å². The third-order valence-electron chi connectivity index (χ3n) is 6.12. The second-order valence-electron chi connectivity index (χ2n) is 9.98. The van der Waals surface area contributed by atoms with Gasteiger partial charge in [0.05, 0.1) is 5.69 Å². The number of aryl methyl sites for hydroxylation is 2. The predicted molar refractivity (Wildman–Crippen MR) is 126 cm³/mol. The van der Waals surface area contributed by atoms with Crippen LogP contribution in [0.2, 0.25) is 0 Å². The second-order valence-corrected chi connectivity index (χ2v) is 9.98. The molecule has 0 unspecified atom stereocenters. The molecule has 1 amide bonds. The Hall–Kier alpha value is -2.80. The molecular formula is C25H34N6O. The molecule has 0 radical (unpaired) electrons. The monoisotopic (exact) mass is 434 g/mol. The van der Waals surface area contributed by atoms with Crippen LogP contribution in [0.1, 0.15) is 67.7 Å². The molecule has 1 atom stereocenters. The van der Waals surface area contributed by atoms with Crippen molar-refractivity contribution in [2.24, 2.45) is 0 Å². The third kappa shape index (κ3) is 5.15. The number of amides is 1. The van der Waals surface area contributed by atoms with Crippen LogP contribution >= 0.6 is 0 Å². The molecule has 170 valence electrons. The predicted octanol–water partition coefficient (Wildman–Crippen LogP) is 3.58. The molecule has 1 saturated heterocycles. The lowest BCUT2D eigenvalue weighted by Crippen LogP contribution is -2.40. The summed E-state index contributed by atoms with van der Waals surface area (Å²) in [4.78, 5) is 23.8. The van der Waals surface area contributed by atoms with Crippen LogP contribution in [0.4, 0.5) is 0 Å². The molecule has 3 aromatic heterocycles. The topological polar surface area (TPSA) is 75.4 Å². The minimum atomic E-state index is -0.216. The molecule has 0 bridgehead atoms. The van der Waals surface area contributed by atoms with Gasteiger partial charge in [0.25, 0.3) is 0 Å². The Balaban J connectivity index is 1.47. The summed E-state index contributed by atoms with van der Waals surface area (Å²) in [5.41, 5.74) is 6.20. The highest BCUT2D eigenvalue weighted by atomic mass is 16.1. The number of likely N-dealkylation sites (tertiary alicyclic amines) is 1. The van der Waals surface area contributed by atoms with Gasteiger partial charge in [-0.05, 0) is 71.2 Å². The van der Waals surface area contributed by atoms with Crippen molar-refractivity contribution in [1.82, 2.24) is 29.8 Å². The lowest BCUT2D eigenvalue weighted by molar-refractivity contribution is -0.122. The molecule has 0 saturated carbocycles. The molecule has 0 aromatic carbocycles. The van der Waals surface area contributed by atoms with E-state index in [2.05, 4.69) is 34.3 Å². The highest BCUT2D eigenvalue weighted by Gasteiger charge is 2.27. The Bertz CT molecular complexity index is 1100. The van der Waals surface area contributed by atoms with Gasteiger partial charge < -0.3 is 5.32 Å². The fraction of sp³-hybridized carbons (Fsp3) is 0.520. The molecule has 1 aliphatic rings. The zero-order valence-electron chi connectivity index (χ0n) is 19.9. The standard InChI is InChI=1S/C25H34N6O/c1-17-21(8-9-24(32)28-25(3,4)5)18(2)31-23(27-17)13-22(29-31)20-10-12-30(16-20)15-19-7-6-11-26-14-19/h6-7,11,13-14,20H,8-10,12,15-16H2,1-5H3,(H,28,32)/t20-/m0/s1. The Morgan fingerprint density at radius 3 is 2.81 bits per heavy atom. The highest BCUT2D eigenvalue weighted by Crippen LogP contribution is 2.29. The van der Waals surface area contributed by atoms with E-state index < -0.39 is 0 Å². The quantitative estimate of drug-likeness (QED) is 0.642. The fourth-order valence-corrected chi connectivity index (χ4v) is 4.59. The van der Waals surface area contributed by atoms with Gasteiger partial charge in [0.15, 0.2) is 5.65 Å². The van der Waals surface area contributed by atoms with Crippen molar-refractivity contribution in [3.8, 4) is 0 Å². The van der Waals surface area contributed by atoms with E-state index in [1.54, 1.807) is 0 Å². The molecule has 0 aliphatic carbocycles. The number of pyridine rings is 1. The summed E-state index contributed by atoms with van der Waals surface area (Å²) in [6.45, 7) is 13.1. The number of fused-ring (bicyclic) bond motifs is 1. The number of nitrogens with zero attached hydrogens (tertiary/aromatic N) is 5. The minimum Gasteiger partial charge on any atom is -0.351 e. The molecule has 4 rings (SSSR count). The van der Waals surface area contributed by atoms with Gasteiger partial charge in [-0.1, -0.05) is 6.07 Å². The molecule has 1 N–H and O–H groups in total. The number of carbonyl (C=O) groups excluding carboxylic acids is 1. The van der Waals surface area contributed by atoms with Crippen molar-refractivity contribution in [2.75, 3.05) is 13.1 Å². The first-order chi connectivity index (χ1) is 15.2. The highest BCUT2D eigenvalue weighted by molar-refractivity contribution is 5.77. The van der Waals surface area contributed by atoms with Crippen LogP contribution in [-0.4, -0.2) is 49.0 Å². The van der Waals surface area contributed by atoms with Gasteiger partial charge in [0, 0.05) is 60.8 Å². The SMILES string of the molecule is Cc1nc2cc([C@H]3CCN(Cc4cccnc4)C3)nn2c(C)c1CCC(=O)NC(C)(C)C. The summed E-state index contributed by atoms with van der Waals surface area (Å²) < 4.78 is 1.96. The maximum Gasteiger partial charge on any atom is 0.220 e. The number of hydrogen-bond donors (Lipinski definition) is 1. The average Bonchev–Trinajstić information content (AvgIpc) is 3.34. The van der Waals surface area contributed by atoms with Crippen molar-refractivity contribution < 1.29 is 4.79 Å². The van der Waals surface area contributed by atoms with Gasteiger partial charge in [0.2, 0.25) is 5.91 Å². The normalized spacial score (nSPS) is 17.2. The van der Waals surface area contributed by atoms with Crippen LogP contribution in [0, 0.1) is 13.8 Å². The molecule has 3 aromatic rings. The number of nitrogens with one attached hydrogen (secondary N) is 1.